The molecule has 0 bridgehead atoms. The first-order valence-electron chi connectivity index (χ1n) is 5.41. The van der Waals surface area contributed by atoms with E-state index in [-0.39, 0.29) is 6.73 Å². The van der Waals surface area contributed by atoms with Crippen molar-refractivity contribution in [2.75, 3.05) is 13.8 Å². The summed E-state index contributed by atoms with van der Waals surface area (Å²) in [6.45, 7) is -0.266. The summed E-state index contributed by atoms with van der Waals surface area (Å²) in [6, 6.07) is 9.15. The van der Waals surface area contributed by atoms with Gasteiger partial charge in [-0.15, -0.1) is 0 Å². The summed E-state index contributed by atoms with van der Waals surface area (Å²) in [5.41, 5.74) is 2.08. The number of aliphatic imine (C=N–C) groups is 1. The van der Waals surface area contributed by atoms with Gasteiger partial charge in [0, 0.05) is 24.5 Å². The van der Waals surface area contributed by atoms with Gasteiger partial charge in [0.1, 0.15) is 12.5 Å². The van der Waals surface area contributed by atoms with Gasteiger partial charge < -0.3 is 9.84 Å². The molecule has 0 unspecified atom stereocenters. The number of hydrogen-bond acceptors (Lipinski definition) is 5. The van der Waals surface area contributed by atoms with Gasteiger partial charge in [-0.1, -0.05) is 6.07 Å². The second-order valence-electron chi connectivity index (χ2n) is 3.49. The Kier molecular flexibility index (Phi) is 3.98. The van der Waals surface area contributed by atoms with E-state index in [0.29, 0.717) is 17.1 Å². The molecule has 0 spiro atoms. The molecule has 0 fully saturated rings. The molecule has 0 atom stereocenters. The molecule has 2 heterocycles. The summed E-state index contributed by atoms with van der Waals surface area (Å²) in [6.07, 6.45) is 3.20. The Bertz CT molecular complexity index is 541. The SMILES string of the molecule is COc1cc(C=NCO)nc(-c2ccccn2)c1. The number of methoxy groups -OCH3 is 1. The number of aliphatic hydroxyl groups excluding tert-OH is 1. The summed E-state index contributed by atoms with van der Waals surface area (Å²) in [7, 11) is 1.59. The van der Waals surface area contributed by atoms with E-state index in [1.54, 1.807) is 25.4 Å². The van der Waals surface area contributed by atoms with Crippen molar-refractivity contribution in [1.29, 1.82) is 0 Å². The van der Waals surface area contributed by atoms with Crippen molar-refractivity contribution in [2.45, 2.75) is 0 Å². The van der Waals surface area contributed by atoms with Crippen LogP contribution in [-0.4, -0.2) is 35.1 Å². The normalized spacial score (nSPS) is 10.8. The molecule has 0 radical (unpaired) electrons. The highest BCUT2D eigenvalue weighted by Gasteiger charge is 2.05. The Morgan fingerprint density at radius 2 is 2.22 bits per heavy atom. The number of aromatic nitrogens is 2. The van der Waals surface area contributed by atoms with Gasteiger partial charge >= 0.3 is 0 Å². The zero-order valence-corrected chi connectivity index (χ0v) is 9.95. The number of hydrogen-bond donors (Lipinski definition) is 1. The lowest BCUT2D eigenvalue weighted by Gasteiger charge is -2.05. The maximum atomic E-state index is 8.67. The van der Waals surface area contributed by atoms with Crippen LogP contribution in [0, 0.1) is 0 Å². The molecule has 18 heavy (non-hydrogen) atoms. The molecule has 5 heteroatoms. The molecule has 92 valence electrons. The lowest BCUT2D eigenvalue weighted by atomic mass is 10.2. The Balaban J connectivity index is 2.44. The van der Waals surface area contributed by atoms with Crippen LogP contribution < -0.4 is 4.74 Å². The zero-order valence-electron chi connectivity index (χ0n) is 9.95. The highest BCUT2D eigenvalue weighted by molar-refractivity contribution is 5.79. The molecule has 2 rings (SSSR count). The molecule has 0 aliphatic carbocycles. The van der Waals surface area contributed by atoms with Gasteiger partial charge in [-0.2, -0.15) is 0 Å². The van der Waals surface area contributed by atoms with Gasteiger partial charge in [-0.3, -0.25) is 9.98 Å². The standard InChI is InChI=1S/C13H13N3O2/c1-18-11-6-10(8-14-9-17)16-13(7-11)12-4-2-3-5-15-12/h2-8,17H,9H2,1H3. The van der Waals surface area contributed by atoms with Crippen molar-refractivity contribution in [3.63, 3.8) is 0 Å². The average Bonchev–Trinajstić information content (AvgIpc) is 2.45. The molecule has 1 N–H and O–H groups in total. The van der Waals surface area contributed by atoms with E-state index >= 15 is 0 Å². The van der Waals surface area contributed by atoms with E-state index in [1.165, 1.54) is 6.21 Å². The fraction of sp³-hybridized carbons (Fsp3) is 0.154. The van der Waals surface area contributed by atoms with E-state index < -0.39 is 0 Å². The van der Waals surface area contributed by atoms with Crippen LogP contribution in [0.15, 0.2) is 41.5 Å². The van der Waals surface area contributed by atoms with Crippen molar-refractivity contribution < 1.29 is 9.84 Å². The maximum Gasteiger partial charge on any atom is 0.134 e. The number of aliphatic hydroxyl groups is 1. The molecule has 2 aromatic rings. The van der Waals surface area contributed by atoms with Gasteiger partial charge in [0.15, 0.2) is 0 Å². The monoisotopic (exact) mass is 243 g/mol. The highest BCUT2D eigenvalue weighted by Crippen LogP contribution is 2.20. The number of rotatable bonds is 4. The van der Waals surface area contributed by atoms with E-state index in [0.717, 1.165) is 5.69 Å². The zero-order chi connectivity index (χ0) is 12.8. The quantitative estimate of drug-likeness (QED) is 0.827. The molecular formula is C13H13N3O2. The summed E-state index contributed by atoms with van der Waals surface area (Å²) in [5, 5.41) is 8.67. The molecule has 0 aliphatic heterocycles. The smallest absolute Gasteiger partial charge is 0.134 e. The third-order valence-corrected chi connectivity index (χ3v) is 2.29. The van der Waals surface area contributed by atoms with Crippen molar-refractivity contribution >= 4 is 6.21 Å². The van der Waals surface area contributed by atoms with Crippen molar-refractivity contribution in [1.82, 2.24) is 9.97 Å². The van der Waals surface area contributed by atoms with Crippen LogP contribution in [0.25, 0.3) is 11.4 Å². The third kappa shape index (κ3) is 2.89. The fourth-order valence-electron chi connectivity index (χ4n) is 1.49. The van der Waals surface area contributed by atoms with Gasteiger partial charge in [0.05, 0.1) is 24.2 Å². The lowest BCUT2D eigenvalue weighted by molar-refractivity contribution is 0.310. The molecular weight excluding hydrogens is 230 g/mol. The molecule has 2 aromatic heterocycles. The fourth-order valence-corrected chi connectivity index (χ4v) is 1.49. The minimum Gasteiger partial charge on any atom is -0.497 e. The minimum absolute atomic E-state index is 0.266. The lowest BCUT2D eigenvalue weighted by Crippen LogP contribution is -1.95. The predicted molar refractivity (Wildman–Crippen MR) is 68.7 cm³/mol. The topological polar surface area (TPSA) is 67.6 Å². The van der Waals surface area contributed by atoms with Crippen LogP contribution >= 0.6 is 0 Å². The maximum absolute atomic E-state index is 8.67. The highest BCUT2D eigenvalue weighted by atomic mass is 16.5. The van der Waals surface area contributed by atoms with Crippen molar-refractivity contribution in [3.8, 4) is 17.1 Å². The number of ether oxygens (including phenoxy) is 1. The third-order valence-electron chi connectivity index (χ3n) is 2.29. The second kappa shape index (κ2) is 5.88. The molecule has 0 aliphatic rings. The second-order valence-corrected chi connectivity index (χ2v) is 3.49. The minimum atomic E-state index is -0.266. The van der Waals surface area contributed by atoms with E-state index in [2.05, 4.69) is 15.0 Å². The molecule has 5 nitrogen and oxygen atoms in total. The molecule has 0 saturated heterocycles. The molecule has 0 aromatic carbocycles. The first-order chi connectivity index (χ1) is 8.83. The van der Waals surface area contributed by atoms with Gasteiger partial charge in [0.2, 0.25) is 0 Å². The van der Waals surface area contributed by atoms with Crippen LogP contribution in [0.4, 0.5) is 0 Å². The molecule has 0 amide bonds. The predicted octanol–water partition coefficient (Wildman–Crippen LogP) is 1.52. The Hall–Kier alpha value is -2.27. The number of nitrogens with zero attached hydrogens (tertiary/aromatic N) is 3. The first kappa shape index (κ1) is 12.2. The van der Waals surface area contributed by atoms with Gasteiger partial charge in [-0.05, 0) is 12.1 Å². The van der Waals surface area contributed by atoms with Crippen LogP contribution in [-0.2, 0) is 0 Å². The Labute approximate surface area is 105 Å². The summed E-state index contributed by atoms with van der Waals surface area (Å²) < 4.78 is 5.21. The van der Waals surface area contributed by atoms with Crippen LogP contribution in [0.1, 0.15) is 5.69 Å². The van der Waals surface area contributed by atoms with E-state index in [1.807, 2.05) is 18.2 Å². The van der Waals surface area contributed by atoms with Crippen molar-refractivity contribution in [2.24, 2.45) is 4.99 Å². The molecule has 0 saturated carbocycles. The summed E-state index contributed by atoms with van der Waals surface area (Å²) in [5.74, 6) is 0.671. The first-order valence-corrected chi connectivity index (χ1v) is 5.41. The average molecular weight is 243 g/mol. The van der Waals surface area contributed by atoms with Crippen LogP contribution in [0.5, 0.6) is 5.75 Å². The Morgan fingerprint density at radius 3 is 2.89 bits per heavy atom. The number of pyridine rings is 2. The van der Waals surface area contributed by atoms with Crippen LogP contribution in [0.2, 0.25) is 0 Å². The van der Waals surface area contributed by atoms with Crippen molar-refractivity contribution in [3.05, 3.63) is 42.2 Å². The largest absolute Gasteiger partial charge is 0.497 e. The van der Waals surface area contributed by atoms with Gasteiger partial charge in [-0.25, -0.2) is 4.98 Å². The van der Waals surface area contributed by atoms with Gasteiger partial charge in [0.25, 0.3) is 0 Å². The van der Waals surface area contributed by atoms with E-state index in [9.17, 15) is 0 Å². The summed E-state index contributed by atoms with van der Waals surface area (Å²) in [4.78, 5) is 12.4. The Morgan fingerprint density at radius 1 is 1.33 bits per heavy atom. The van der Waals surface area contributed by atoms with Crippen LogP contribution in [0.3, 0.4) is 0 Å². The van der Waals surface area contributed by atoms with E-state index in [4.69, 9.17) is 9.84 Å². The summed E-state index contributed by atoms with van der Waals surface area (Å²) >= 11 is 0.